The summed E-state index contributed by atoms with van der Waals surface area (Å²) in [5, 5.41) is 0. The quantitative estimate of drug-likeness (QED) is 0.467. The van der Waals surface area contributed by atoms with Gasteiger partial charge in [0.1, 0.15) is 5.94 Å². The van der Waals surface area contributed by atoms with E-state index >= 15 is 0 Å². The smallest absolute Gasteiger partial charge is 0.264 e. The van der Waals surface area contributed by atoms with Crippen LogP contribution in [0.5, 0.6) is 0 Å². The Bertz CT molecular complexity index is 136. The monoisotopic (exact) mass is 158 g/mol. The highest BCUT2D eigenvalue weighted by molar-refractivity contribution is 7.98. The minimum absolute atomic E-state index is 0.0428. The molecule has 1 N–H and O–H groups in total. The molecule has 0 fully saturated rings. The van der Waals surface area contributed by atoms with Gasteiger partial charge in [0, 0.05) is 0 Å². The Kier molecular flexibility index (Phi) is 3.38. The van der Waals surface area contributed by atoms with Crippen LogP contribution in [-0.4, -0.2) is 25.2 Å². The normalized spacial score (nSPS) is 11.8. The molecule has 50 valence electrons. The summed E-state index contributed by atoms with van der Waals surface area (Å²) in [7, 11) is -4.21. The van der Waals surface area contributed by atoms with Crippen molar-refractivity contribution in [1.29, 1.82) is 0 Å². The van der Waals surface area contributed by atoms with Gasteiger partial charge in [-0.3, -0.25) is 4.55 Å². The molecule has 0 radical (unpaired) electrons. The van der Waals surface area contributed by atoms with Crippen molar-refractivity contribution in [3.63, 3.8) is 0 Å². The standard InChI is InChI=1S/C2H6O4S2/c1-7-2-6-8(3,4)5/h2H2,1H3,(H,3,4,5). The zero-order valence-corrected chi connectivity index (χ0v) is 5.83. The van der Waals surface area contributed by atoms with Crippen LogP contribution in [0.3, 0.4) is 0 Å². The van der Waals surface area contributed by atoms with Gasteiger partial charge < -0.3 is 0 Å². The molecule has 0 heterocycles. The van der Waals surface area contributed by atoms with E-state index < -0.39 is 10.4 Å². The van der Waals surface area contributed by atoms with Gasteiger partial charge in [-0.1, -0.05) is 0 Å². The first-order valence-electron chi connectivity index (χ1n) is 1.67. The Balaban J connectivity index is 3.42. The van der Waals surface area contributed by atoms with Crippen LogP contribution in [0.25, 0.3) is 0 Å². The molecule has 0 atom stereocenters. The molecule has 0 saturated carbocycles. The summed E-state index contributed by atoms with van der Waals surface area (Å²) >= 11 is 1.17. The van der Waals surface area contributed by atoms with Gasteiger partial charge in [0.05, 0.1) is 0 Å². The van der Waals surface area contributed by atoms with E-state index in [2.05, 4.69) is 4.18 Å². The molecule has 4 nitrogen and oxygen atoms in total. The van der Waals surface area contributed by atoms with Gasteiger partial charge in [0.15, 0.2) is 0 Å². The minimum Gasteiger partial charge on any atom is -0.264 e. The predicted molar refractivity (Wildman–Crippen MR) is 31.0 cm³/mol. The summed E-state index contributed by atoms with van der Waals surface area (Å²) in [6.45, 7) is 0. The van der Waals surface area contributed by atoms with Gasteiger partial charge in [-0.05, 0) is 6.26 Å². The zero-order valence-electron chi connectivity index (χ0n) is 4.20. The lowest BCUT2D eigenvalue weighted by Gasteiger charge is -1.92. The maximum absolute atomic E-state index is 9.71. The van der Waals surface area contributed by atoms with E-state index in [0.717, 1.165) is 0 Å². The topological polar surface area (TPSA) is 63.6 Å². The molecular formula is C2H6O4S2. The average Bonchev–Trinajstić information content (AvgIpc) is 1.59. The van der Waals surface area contributed by atoms with Crippen molar-refractivity contribution in [2.45, 2.75) is 0 Å². The Morgan fingerprint density at radius 1 is 1.75 bits per heavy atom. The first kappa shape index (κ1) is 8.22. The van der Waals surface area contributed by atoms with E-state index in [9.17, 15) is 8.42 Å². The second kappa shape index (κ2) is 3.29. The van der Waals surface area contributed by atoms with Crippen molar-refractivity contribution in [3.8, 4) is 0 Å². The predicted octanol–water partition coefficient (Wildman–Crippen LogP) is 0.126. The Morgan fingerprint density at radius 2 is 2.25 bits per heavy atom. The van der Waals surface area contributed by atoms with Crippen LogP contribution in [0.2, 0.25) is 0 Å². The first-order valence-corrected chi connectivity index (χ1v) is 4.43. The summed E-state index contributed by atoms with van der Waals surface area (Å²) in [4.78, 5) is 0. The maximum Gasteiger partial charge on any atom is 0.398 e. The lowest BCUT2D eigenvalue weighted by atomic mass is 11.7. The second-order valence-electron chi connectivity index (χ2n) is 0.952. The Morgan fingerprint density at radius 3 is 2.38 bits per heavy atom. The van der Waals surface area contributed by atoms with E-state index in [-0.39, 0.29) is 5.94 Å². The van der Waals surface area contributed by atoms with Gasteiger partial charge >= 0.3 is 10.4 Å². The average molecular weight is 158 g/mol. The molecule has 0 aliphatic rings. The molecule has 0 bridgehead atoms. The molecule has 0 saturated heterocycles. The van der Waals surface area contributed by atoms with Crippen molar-refractivity contribution in [1.82, 2.24) is 0 Å². The van der Waals surface area contributed by atoms with Crippen LogP contribution in [0.15, 0.2) is 0 Å². The fourth-order valence-corrected chi connectivity index (χ4v) is 0.980. The molecule has 0 aromatic heterocycles. The second-order valence-corrected chi connectivity index (χ2v) is 2.86. The molecule has 0 spiro atoms. The number of hydrogen-bond donors (Lipinski definition) is 1. The Labute approximate surface area is 52.2 Å². The summed E-state index contributed by atoms with van der Waals surface area (Å²) in [6.07, 6.45) is 1.66. The van der Waals surface area contributed by atoms with Crippen molar-refractivity contribution in [3.05, 3.63) is 0 Å². The summed E-state index contributed by atoms with van der Waals surface area (Å²) in [6, 6.07) is 0. The summed E-state index contributed by atoms with van der Waals surface area (Å²) in [5.74, 6) is -0.0428. The third kappa shape index (κ3) is 6.22. The molecule has 0 unspecified atom stereocenters. The fraction of sp³-hybridized carbons (Fsp3) is 1.00. The van der Waals surface area contributed by atoms with Crippen LogP contribution in [0, 0.1) is 0 Å². The van der Waals surface area contributed by atoms with Gasteiger partial charge in [0.2, 0.25) is 0 Å². The molecular weight excluding hydrogens is 152 g/mol. The van der Waals surface area contributed by atoms with Crippen molar-refractivity contribution >= 4 is 22.2 Å². The molecule has 8 heavy (non-hydrogen) atoms. The van der Waals surface area contributed by atoms with Crippen LogP contribution >= 0.6 is 11.8 Å². The van der Waals surface area contributed by atoms with E-state index in [1.807, 2.05) is 0 Å². The maximum atomic E-state index is 9.71. The highest BCUT2D eigenvalue weighted by atomic mass is 32.3. The highest BCUT2D eigenvalue weighted by Crippen LogP contribution is 1.95. The summed E-state index contributed by atoms with van der Waals surface area (Å²) < 4.78 is 31.2. The van der Waals surface area contributed by atoms with Gasteiger partial charge in [-0.25, -0.2) is 4.18 Å². The van der Waals surface area contributed by atoms with Crippen LogP contribution < -0.4 is 0 Å². The van der Waals surface area contributed by atoms with Gasteiger partial charge in [-0.2, -0.15) is 8.42 Å². The number of thioether (sulfide) groups is 1. The van der Waals surface area contributed by atoms with E-state index in [0.29, 0.717) is 0 Å². The zero-order chi connectivity index (χ0) is 6.62. The molecule has 0 aliphatic carbocycles. The largest absolute Gasteiger partial charge is 0.398 e. The molecule has 0 amide bonds. The fourth-order valence-electron chi connectivity index (χ4n) is 0.109. The summed E-state index contributed by atoms with van der Waals surface area (Å²) in [5.41, 5.74) is 0. The lowest BCUT2D eigenvalue weighted by Crippen LogP contribution is -2.01. The van der Waals surface area contributed by atoms with Crippen LogP contribution in [0.1, 0.15) is 0 Å². The molecule has 6 heteroatoms. The highest BCUT2D eigenvalue weighted by Gasteiger charge is 2.00. The van der Waals surface area contributed by atoms with Gasteiger partial charge in [0.25, 0.3) is 0 Å². The first-order chi connectivity index (χ1) is 3.56. The van der Waals surface area contributed by atoms with Crippen LogP contribution in [-0.2, 0) is 14.6 Å². The Hall–Kier alpha value is 0.220. The lowest BCUT2D eigenvalue weighted by molar-refractivity contribution is 0.313. The third-order valence-electron chi connectivity index (χ3n) is 0.315. The van der Waals surface area contributed by atoms with Crippen molar-refractivity contribution in [2.75, 3.05) is 12.2 Å². The van der Waals surface area contributed by atoms with Crippen molar-refractivity contribution in [2.24, 2.45) is 0 Å². The molecule has 0 aliphatic heterocycles. The van der Waals surface area contributed by atoms with Crippen molar-refractivity contribution < 1.29 is 17.2 Å². The molecule has 0 aromatic rings. The van der Waals surface area contributed by atoms with E-state index in [1.165, 1.54) is 11.8 Å². The molecule has 0 aromatic carbocycles. The van der Waals surface area contributed by atoms with Gasteiger partial charge in [-0.15, -0.1) is 11.8 Å². The molecule has 0 rings (SSSR count). The minimum atomic E-state index is -4.21. The van der Waals surface area contributed by atoms with E-state index in [1.54, 1.807) is 6.26 Å². The number of hydrogen-bond acceptors (Lipinski definition) is 4. The SMILES string of the molecule is CSCOS(=O)(=O)O. The van der Waals surface area contributed by atoms with E-state index in [4.69, 9.17) is 4.55 Å². The van der Waals surface area contributed by atoms with Crippen LogP contribution in [0.4, 0.5) is 0 Å². The third-order valence-corrected chi connectivity index (χ3v) is 1.23. The number of rotatable bonds is 3.